The van der Waals surface area contributed by atoms with Gasteiger partial charge in [0.25, 0.3) is 0 Å². The first-order chi connectivity index (χ1) is 8.97. The van der Waals surface area contributed by atoms with Gasteiger partial charge in [0.05, 0.1) is 12.7 Å². The molecule has 0 aliphatic heterocycles. The number of carboxylic acid groups (broad SMARTS) is 1. The Bertz CT molecular complexity index is 523. The average molecular weight is 279 g/mol. The number of aromatic carboxylic acids is 1. The van der Waals surface area contributed by atoms with Crippen LogP contribution in [0.2, 0.25) is 0 Å². The fraction of sp³-hybridized carbons (Fsp3) is 0.571. The van der Waals surface area contributed by atoms with E-state index in [1.165, 1.54) is 11.3 Å². The normalized spacial score (nSPS) is 16.1. The zero-order valence-corrected chi connectivity index (χ0v) is 11.9. The maximum absolute atomic E-state index is 11.2. The maximum Gasteiger partial charge on any atom is 0.349 e. The van der Waals surface area contributed by atoms with Crippen molar-refractivity contribution in [3.05, 3.63) is 15.8 Å². The lowest BCUT2D eigenvalue weighted by Crippen LogP contribution is -2.13. The van der Waals surface area contributed by atoms with Gasteiger partial charge in [-0.1, -0.05) is 13.8 Å². The molecule has 0 unspecified atom stereocenters. The van der Waals surface area contributed by atoms with Gasteiger partial charge in [-0.25, -0.2) is 4.79 Å². The molecule has 102 valence electrons. The van der Waals surface area contributed by atoms with E-state index in [1.807, 2.05) is 19.9 Å². The minimum atomic E-state index is -0.947. The summed E-state index contributed by atoms with van der Waals surface area (Å²) in [6, 6.07) is 3.99. The van der Waals surface area contributed by atoms with Gasteiger partial charge in [-0.3, -0.25) is 0 Å². The SMILES string of the molecule is CC(C)c1cc(OCC2(CC#N)CC2)c(C(=O)O)s1. The molecule has 0 atom stereocenters. The zero-order chi connectivity index (χ0) is 14.0. The van der Waals surface area contributed by atoms with Crippen molar-refractivity contribution in [1.82, 2.24) is 0 Å². The molecule has 2 rings (SSSR count). The van der Waals surface area contributed by atoms with Crippen LogP contribution in [0.3, 0.4) is 0 Å². The van der Waals surface area contributed by atoms with E-state index in [9.17, 15) is 9.90 Å². The second-order valence-electron chi connectivity index (χ2n) is 5.43. The summed E-state index contributed by atoms with van der Waals surface area (Å²) in [4.78, 5) is 12.5. The van der Waals surface area contributed by atoms with Gasteiger partial charge >= 0.3 is 5.97 Å². The van der Waals surface area contributed by atoms with Crippen molar-refractivity contribution in [3.63, 3.8) is 0 Å². The van der Waals surface area contributed by atoms with E-state index in [-0.39, 0.29) is 16.2 Å². The predicted octanol–water partition coefficient (Wildman–Crippen LogP) is 3.64. The Morgan fingerprint density at radius 3 is 2.79 bits per heavy atom. The number of carbonyl (C=O) groups is 1. The lowest BCUT2D eigenvalue weighted by molar-refractivity contribution is 0.0696. The molecule has 0 spiro atoms. The molecule has 1 aliphatic carbocycles. The molecule has 1 aliphatic rings. The lowest BCUT2D eigenvalue weighted by Gasteiger charge is -2.12. The molecular formula is C14H17NO3S. The van der Waals surface area contributed by atoms with Gasteiger partial charge in [-0.2, -0.15) is 5.26 Å². The van der Waals surface area contributed by atoms with Crippen molar-refractivity contribution < 1.29 is 14.6 Å². The van der Waals surface area contributed by atoms with Crippen molar-refractivity contribution in [2.24, 2.45) is 5.41 Å². The number of hydrogen-bond donors (Lipinski definition) is 1. The van der Waals surface area contributed by atoms with Crippen LogP contribution in [0, 0.1) is 16.7 Å². The predicted molar refractivity (Wildman–Crippen MR) is 72.8 cm³/mol. The standard InChI is InChI=1S/C14H17NO3S/c1-9(2)11-7-10(12(19-11)13(16)17)18-8-14(3-4-14)5-6-15/h7,9H,3-5,8H2,1-2H3,(H,16,17). The summed E-state index contributed by atoms with van der Waals surface area (Å²) in [6.45, 7) is 4.49. The molecule has 0 amide bonds. The van der Waals surface area contributed by atoms with E-state index in [2.05, 4.69) is 6.07 Å². The molecule has 0 aromatic carbocycles. The molecule has 1 saturated carbocycles. The Balaban J connectivity index is 2.11. The number of rotatable bonds is 6. The van der Waals surface area contributed by atoms with Gasteiger partial charge in [-0.05, 0) is 24.8 Å². The van der Waals surface area contributed by atoms with Crippen molar-refractivity contribution in [2.75, 3.05) is 6.61 Å². The van der Waals surface area contributed by atoms with Crippen molar-refractivity contribution in [2.45, 2.75) is 39.0 Å². The Labute approximate surface area is 116 Å². The summed E-state index contributed by atoms with van der Waals surface area (Å²) in [6.07, 6.45) is 2.46. The first kappa shape index (κ1) is 13.9. The van der Waals surface area contributed by atoms with Crippen LogP contribution in [0.4, 0.5) is 0 Å². The lowest BCUT2D eigenvalue weighted by atomic mass is 10.1. The second-order valence-corrected chi connectivity index (χ2v) is 6.51. The van der Waals surface area contributed by atoms with E-state index in [0.29, 0.717) is 18.8 Å². The van der Waals surface area contributed by atoms with E-state index in [1.54, 1.807) is 0 Å². The number of hydrogen-bond acceptors (Lipinski definition) is 4. The van der Waals surface area contributed by atoms with Crippen molar-refractivity contribution in [3.8, 4) is 11.8 Å². The van der Waals surface area contributed by atoms with E-state index in [0.717, 1.165) is 17.7 Å². The van der Waals surface area contributed by atoms with Crippen LogP contribution >= 0.6 is 11.3 Å². The molecule has 0 saturated heterocycles. The molecule has 4 nitrogen and oxygen atoms in total. The molecule has 1 aromatic rings. The smallest absolute Gasteiger partial charge is 0.349 e. The third-order valence-electron chi connectivity index (χ3n) is 3.43. The summed E-state index contributed by atoms with van der Waals surface area (Å²) in [5.41, 5.74) is -0.0372. The highest BCUT2D eigenvalue weighted by atomic mass is 32.1. The molecule has 1 heterocycles. The Morgan fingerprint density at radius 2 is 2.32 bits per heavy atom. The van der Waals surface area contributed by atoms with Gasteiger partial charge in [0.1, 0.15) is 5.75 Å². The van der Waals surface area contributed by atoms with Crippen LogP contribution in [0.15, 0.2) is 6.07 Å². The van der Waals surface area contributed by atoms with Gasteiger partial charge in [0.2, 0.25) is 0 Å². The topological polar surface area (TPSA) is 70.3 Å². The number of nitriles is 1. The quantitative estimate of drug-likeness (QED) is 0.863. The van der Waals surface area contributed by atoms with Gasteiger partial charge < -0.3 is 9.84 Å². The molecule has 1 aromatic heterocycles. The Hall–Kier alpha value is -1.54. The Morgan fingerprint density at radius 1 is 1.63 bits per heavy atom. The van der Waals surface area contributed by atoms with Crippen LogP contribution in [0.5, 0.6) is 5.75 Å². The first-order valence-corrected chi connectivity index (χ1v) is 7.16. The molecule has 1 fully saturated rings. The van der Waals surface area contributed by atoms with Crippen molar-refractivity contribution >= 4 is 17.3 Å². The van der Waals surface area contributed by atoms with Crippen LogP contribution in [0.25, 0.3) is 0 Å². The third-order valence-corrected chi connectivity index (χ3v) is 4.83. The van der Waals surface area contributed by atoms with Crippen LogP contribution < -0.4 is 4.74 Å². The molecule has 5 heteroatoms. The largest absolute Gasteiger partial charge is 0.491 e. The number of nitrogens with zero attached hydrogens (tertiary/aromatic N) is 1. The number of ether oxygens (including phenoxy) is 1. The van der Waals surface area contributed by atoms with Crippen LogP contribution in [-0.4, -0.2) is 17.7 Å². The fourth-order valence-electron chi connectivity index (χ4n) is 1.88. The van der Waals surface area contributed by atoms with E-state index >= 15 is 0 Å². The summed E-state index contributed by atoms with van der Waals surface area (Å²) >= 11 is 1.27. The highest BCUT2D eigenvalue weighted by Gasteiger charge is 2.43. The zero-order valence-electron chi connectivity index (χ0n) is 11.1. The molecular weight excluding hydrogens is 262 g/mol. The Kier molecular flexibility index (Phi) is 3.81. The van der Waals surface area contributed by atoms with E-state index in [4.69, 9.17) is 10.00 Å². The molecule has 0 radical (unpaired) electrons. The summed E-state index contributed by atoms with van der Waals surface area (Å²) in [5.74, 6) is -0.211. The summed E-state index contributed by atoms with van der Waals surface area (Å²) in [5, 5.41) is 17.9. The maximum atomic E-state index is 11.2. The van der Waals surface area contributed by atoms with Crippen LogP contribution in [-0.2, 0) is 0 Å². The molecule has 0 bridgehead atoms. The monoisotopic (exact) mass is 279 g/mol. The van der Waals surface area contributed by atoms with E-state index < -0.39 is 5.97 Å². The molecule has 19 heavy (non-hydrogen) atoms. The molecule has 1 N–H and O–H groups in total. The third kappa shape index (κ3) is 3.07. The highest BCUT2D eigenvalue weighted by Crippen LogP contribution is 2.49. The average Bonchev–Trinajstić information content (AvgIpc) is 2.96. The highest BCUT2D eigenvalue weighted by molar-refractivity contribution is 7.14. The first-order valence-electron chi connectivity index (χ1n) is 6.34. The second kappa shape index (κ2) is 5.22. The fourth-order valence-corrected chi connectivity index (χ4v) is 2.82. The van der Waals surface area contributed by atoms with Gasteiger partial charge in [0.15, 0.2) is 4.88 Å². The minimum absolute atomic E-state index is 0.0372. The van der Waals surface area contributed by atoms with Crippen molar-refractivity contribution in [1.29, 1.82) is 5.26 Å². The van der Waals surface area contributed by atoms with Crippen LogP contribution in [0.1, 0.15) is 53.6 Å². The number of carboxylic acids is 1. The summed E-state index contributed by atoms with van der Waals surface area (Å²) in [7, 11) is 0. The minimum Gasteiger partial charge on any atom is -0.491 e. The van der Waals surface area contributed by atoms with Gasteiger partial charge in [-0.15, -0.1) is 11.3 Å². The summed E-state index contributed by atoms with van der Waals surface area (Å²) < 4.78 is 5.69. The number of thiophene rings is 1. The van der Waals surface area contributed by atoms with Gasteiger partial charge in [0, 0.05) is 16.7 Å².